The van der Waals surface area contributed by atoms with Crippen LogP contribution in [0, 0.1) is 5.92 Å². The molecule has 14 N–H and O–H groups in total. The predicted octanol–water partition coefficient (Wildman–Crippen LogP) is -4.40. The van der Waals surface area contributed by atoms with Crippen LogP contribution in [0.2, 0.25) is 0 Å². The lowest BCUT2D eigenvalue weighted by Crippen LogP contribution is -2.94. The number of anilines is 2. The molecule has 260 valence electrons. The van der Waals surface area contributed by atoms with Gasteiger partial charge in [0.15, 0.2) is 6.04 Å². The number of carbonyl (C=O) groups excluding carboxylic acids is 2. The Kier molecular flexibility index (Phi) is 12.2. The summed E-state index contributed by atoms with van der Waals surface area (Å²) in [6.07, 6.45) is -8.30. The number of nitrogen functional groups attached to an aromatic ring is 2. The molecule has 17 heteroatoms. The van der Waals surface area contributed by atoms with Crippen LogP contribution in [0.5, 0.6) is 11.5 Å². The fraction of sp³-hybridized carbons (Fsp3) is 0.533. The summed E-state index contributed by atoms with van der Waals surface area (Å²) >= 11 is 0. The Bertz CT molecular complexity index is 1380. The Hall–Kier alpha value is -3.78. The molecule has 0 radical (unpaired) electrons. The number of aromatic hydroxyl groups is 2. The molecule has 0 aliphatic carbocycles. The molecule has 2 heterocycles. The second-order valence-electron chi connectivity index (χ2n) is 11.5. The number of rotatable bonds is 12. The number of esters is 2. The summed E-state index contributed by atoms with van der Waals surface area (Å²) in [6.45, 7) is -1.17. The second kappa shape index (κ2) is 15.9. The summed E-state index contributed by atoms with van der Waals surface area (Å²) in [6, 6.07) is 6.32. The molecule has 2 aromatic carbocycles. The van der Waals surface area contributed by atoms with Crippen LogP contribution in [-0.4, -0.2) is 138 Å². The first kappa shape index (κ1) is 36.1. The molecule has 2 fully saturated rings. The van der Waals surface area contributed by atoms with E-state index in [1.54, 1.807) is 24.7 Å². The van der Waals surface area contributed by atoms with Crippen molar-refractivity contribution in [2.45, 2.75) is 55.0 Å². The minimum Gasteiger partial charge on any atom is -0.507 e. The van der Waals surface area contributed by atoms with Crippen molar-refractivity contribution in [2.24, 2.45) is 5.92 Å². The van der Waals surface area contributed by atoms with Crippen molar-refractivity contribution in [2.75, 3.05) is 52.0 Å². The van der Waals surface area contributed by atoms with Gasteiger partial charge in [0, 0.05) is 17.3 Å². The normalized spacial score (nSPS) is 30.9. The maximum absolute atomic E-state index is 12.7. The van der Waals surface area contributed by atoms with Gasteiger partial charge in [-0.15, -0.1) is 0 Å². The zero-order chi connectivity index (χ0) is 34.4. The van der Waals surface area contributed by atoms with E-state index in [0.29, 0.717) is 0 Å². The second-order valence-corrected chi connectivity index (χ2v) is 11.5. The van der Waals surface area contributed by atoms with Crippen LogP contribution in [0.4, 0.5) is 11.4 Å². The SMILES string of the molecule is C[NH2+]C1[C@H](COC[C@@H]2C(COC(=O)c3cc(N)ccc3O)O[C@@H](O)C([NH2+]C)[C@@H]2O)OC(COC(=O)c2cc(N)ccc2O)[C@@H](O)[C@H]1O. The number of phenols is 2. The molecule has 2 aliphatic heterocycles. The van der Waals surface area contributed by atoms with Gasteiger partial charge in [-0.3, -0.25) is 0 Å². The largest absolute Gasteiger partial charge is 0.507 e. The third-order valence-corrected chi connectivity index (χ3v) is 8.46. The van der Waals surface area contributed by atoms with Gasteiger partial charge in [-0.05, 0) is 36.4 Å². The Balaban J connectivity index is 1.40. The van der Waals surface area contributed by atoms with Crippen LogP contribution >= 0.6 is 0 Å². The first-order valence-electron chi connectivity index (χ1n) is 15.1. The van der Waals surface area contributed by atoms with E-state index in [9.17, 15) is 40.2 Å². The van der Waals surface area contributed by atoms with Crippen molar-refractivity contribution in [3.8, 4) is 11.5 Å². The van der Waals surface area contributed by atoms with Crippen LogP contribution in [0.3, 0.4) is 0 Å². The van der Waals surface area contributed by atoms with Crippen molar-refractivity contribution in [3.05, 3.63) is 47.5 Å². The van der Waals surface area contributed by atoms with E-state index >= 15 is 0 Å². The lowest BCUT2D eigenvalue weighted by atomic mass is 9.88. The van der Waals surface area contributed by atoms with Gasteiger partial charge < -0.3 is 76.4 Å². The fourth-order valence-corrected chi connectivity index (χ4v) is 5.76. The molecule has 0 aromatic heterocycles. The van der Waals surface area contributed by atoms with Crippen LogP contribution in [-0.2, 0) is 23.7 Å². The van der Waals surface area contributed by atoms with Gasteiger partial charge in [-0.2, -0.15) is 0 Å². The van der Waals surface area contributed by atoms with Gasteiger partial charge >= 0.3 is 11.9 Å². The van der Waals surface area contributed by atoms with Gasteiger partial charge in [0.1, 0.15) is 78.5 Å². The zero-order valence-corrected chi connectivity index (χ0v) is 25.9. The van der Waals surface area contributed by atoms with E-state index in [-0.39, 0.29) is 47.2 Å². The number of hydrogen-bond donors (Lipinski definition) is 10. The summed E-state index contributed by atoms with van der Waals surface area (Å²) in [5.74, 6) is -3.30. The van der Waals surface area contributed by atoms with Crippen LogP contribution < -0.4 is 22.1 Å². The average Bonchev–Trinajstić information content (AvgIpc) is 3.04. The van der Waals surface area contributed by atoms with Crippen molar-refractivity contribution in [3.63, 3.8) is 0 Å². The molecule has 2 aliphatic rings. The van der Waals surface area contributed by atoms with E-state index < -0.39 is 86.1 Å². The molecule has 47 heavy (non-hydrogen) atoms. The van der Waals surface area contributed by atoms with Gasteiger partial charge in [-0.1, -0.05) is 0 Å². The Morgan fingerprint density at radius 1 is 0.702 bits per heavy atom. The maximum atomic E-state index is 12.7. The third kappa shape index (κ3) is 8.39. The molecular formula is C30H44N4O13+2. The first-order chi connectivity index (χ1) is 22.4. The highest BCUT2D eigenvalue weighted by Crippen LogP contribution is 2.28. The molecular weight excluding hydrogens is 624 g/mol. The van der Waals surface area contributed by atoms with Gasteiger partial charge in [0.05, 0.1) is 27.3 Å². The molecule has 2 aromatic rings. The van der Waals surface area contributed by atoms with E-state index in [1.807, 2.05) is 0 Å². The lowest BCUT2D eigenvalue weighted by molar-refractivity contribution is -0.694. The number of hydrogen-bond acceptors (Lipinski definition) is 15. The average molecular weight is 669 g/mol. The Morgan fingerprint density at radius 3 is 1.77 bits per heavy atom. The molecule has 2 saturated heterocycles. The van der Waals surface area contributed by atoms with Crippen molar-refractivity contribution < 1.29 is 74.5 Å². The molecule has 10 atom stereocenters. The molecule has 4 unspecified atom stereocenters. The number of nitrogens with two attached hydrogens (primary N) is 4. The highest BCUT2D eigenvalue weighted by Gasteiger charge is 2.49. The molecule has 17 nitrogen and oxygen atoms in total. The maximum Gasteiger partial charge on any atom is 0.342 e. The van der Waals surface area contributed by atoms with Crippen LogP contribution in [0.15, 0.2) is 36.4 Å². The lowest BCUT2D eigenvalue weighted by Gasteiger charge is -2.42. The summed E-state index contributed by atoms with van der Waals surface area (Å²) in [4.78, 5) is 25.2. The van der Waals surface area contributed by atoms with Crippen molar-refractivity contribution >= 4 is 23.3 Å². The quantitative estimate of drug-likeness (QED) is 0.0580. The predicted molar refractivity (Wildman–Crippen MR) is 161 cm³/mol. The number of ether oxygens (including phenoxy) is 5. The highest BCUT2D eigenvalue weighted by molar-refractivity contribution is 5.94. The highest BCUT2D eigenvalue weighted by atomic mass is 16.6. The smallest absolute Gasteiger partial charge is 0.342 e. The topological polar surface area (TPSA) is 287 Å². The third-order valence-electron chi connectivity index (χ3n) is 8.46. The molecule has 4 rings (SSSR count). The molecule has 0 saturated carbocycles. The summed E-state index contributed by atoms with van der Waals surface area (Å²) in [7, 11) is 3.32. The number of quaternary nitrogens is 2. The first-order valence-corrected chi connectivity index (χ1v) is 15.1. The Morgan fingerprint density at radius 2 is 1.23 bits per heavy atom. The zero-order valence-electron chi connectivity index (χ0n) is 25.9. The van der Waals surface area contributed by atoms with Crippen LogP contribution in [0.1, 0.15) is 20.7 Å². The number of aliphatic hydroxyl groups excluding tert-OH is 4. The summed E-state index contributed by atoms with van der Waals surface area (Å²) in [5, 5.41) is 66.4. The minimum atomic E-state index is -1.43. The number of likely N-dealkylation sites (N-methyl/N-ethyl adjacent to an activating group) is 2. The summed E-state index contributed by atoms with van der Waals surface area (Å²) < 4.78 is 28.2. The van der Waals surface area contributed by atoms with Crippen molar-refractivity contribution in [1.29, 1.82) is 0 Å². The molecule has 0 spiro atoms. The van der Waals surface area contributed by atoms with E-state index in [1.165, 1.54) is 36.4 Å². The van der Waals surface area contributed by atoms with Crippen molar-refractivity contribution in [1.82, 2.24) is 0 Å². The van der Waals surface area contributed by atoms with E-state index in [0.717, 1.165) is 0 Å². The van der Waals surface area contributed by atoms with E-state index in [2.05, 4.69) is 0 Å². The van der Waals surface area contributed by atoms with E-state index in [4.69, 9.17) is 35.2 Å². The van der Waals surface area contributed by atoms with Gasteiger partial charge in [0.2, 0.25) is 6.29 Å². The van der Waals surface area contributed by atoms with Gasteiger partial charge in [-0.25, -0.2) is 9.59 Å². The fourth-order valence-electron chi connectivity index (χ4n) is 5.76. The number of benzene rings is 2. The Labute approximate surface area is 269 Å². The number of aliphatic hydroxyl groups is 4. The van der Waals surface area contributed by atoms with Gasteiger partial charge in [0.25, 0.3) is 0 Å². The minimum absolute atomic E-state index is 0.144. The molecule has 0 amide bonds. The number of phenolic OH excluding ortho intramolecular Hbond substituents is 2. The van der Waals surface area contributed by atoms with Crippen LogP contribution in [0.25, 0.3) is 0 Å². The summed E-state index contributed by atoms with van der Waals surface area (Å²) in [5.41, 5.74) is 11.5. The monoisotopic (exact) mass is 668 g/mol. The number of carbonyl (C=O) groups is 2. The molecule has 0 bridgehead atoms. The standard InChI is InChI=1S/C30H42N4O13/c1-33-23-21(46-22(26(38)27(23)39)12-45-29(41)16-8-14(32)4-6-19(16)36)10-43-9-17-20(47-30(42)24(34-2)25(17)37)11-44-28(40)15-7-13(31)3-5-18(15)35/h3-8,17,20-27,30,33-39,42H,9-12,31-32H2,1-2H3/p+2/t17-,20?,21+,22?,23?,24?,25-,26-,27+,30-/m1/s1.